The number of carbonyl (C=O) groups excluding carboxylic acids is 1. The number of nitrogens with zero attached hydrogens (tertiary/aromatic N) is 2. The number of ether oxygens (including phenoxy) is 1. The lowest BCUT2D eigenvalue weighted by molar-refractivity contribution is 0.0577. The first-order valence-corrected chi connectivity index (χ1v) is 9.49. The van der Waals surface area contributed by atoms with Gasteiger partial charge >= 0.3 is 6.09 Å². The monoisotopic (exact) mass is 394 g/mol. The highest BCUT2D eigenvalue weighted by Crippen LogP contribution is 2.26. The summed E-state index contributed by atoms with van der Waals surface area (Å²) >= 11 is 0. The Kier molecular flexibility index (Phi) is 6.03. The molecule has 0 aliphatic heterocycles. The Morgan fingerprint density at radius 3 is 2.34 bits per heavy atom. The molecule has 1 aromatic heterocycles. The second-order valence-electron chi connectivity index (χ2n) is 7.78. The summed E-state index contributed by atoms with van der Waals surface area (Å²) < 4.78 is 11.4. The fourth-order valence-corrected chi connectivity index (χ4v) is 2.79. The standard InChI is InChI=1S/C23H26N2O4/c1-16-20(24-21(28-16)18-8-6-5-7-9-18)14-25(22(27)29-23(2,3)4)19-12-10-17(15-26)11-13-19/h5-13,26H,14-15H2,1-4H3. The third kappa shape index (κ3) is 5.23. The van der Waals surface area contributed by atoms with Crippen molar-refractivity contribution in [3.63, 3.8) is 0 Å². The minimum atomic E-state index is -0.631. The number of aryl methyl sites for hydroxylation is 1. The zero-order valence-electron chi connectivity index (χ0n) is 17.2. The van der Waals surface area contributed by atoms with Crippen LogP contribution in [0.2, 0.25) is 0 Å². The Labute approximate surface area is 170 Å². The molecule has 0 fully saturated rings. The van der Waals surface area contributed by atoms with E-state index in [0.717, 1.165) is 11.1 Å². The van der Waals surface area contributed by atoms with Crippen molar-refractivity contribution in [1.29, 1.82) is 0 Å². The van der Waals surface area contributed by atoms with Gasteiger partial charge in [0.25, 0.3) is 0 Å². The molecule has 0 radical (unpaired) electrons. The number of oxazole rings is 1. The van der Waals surface area contributed by atoms with E-state index in [1.165, 1.54) is 4.90 Å². The minimum absolute atomic E-state index is 0.0600. The van der Waals surface area contributed by atoms with Gasteiger partial charge in [-0.3, -0.25) is 4.90 Å². The van der Waals surface area contributed by atoms with Gasteiger partial charge in [0.05, 0.1) is 13.2 Å². The van der Waals surface area contributed by atoms with Crippen LogP contribution in [0.3, 0.4) is 0 Å². The van der Waals surface area contributed by atoms with Crippen molar-refractivity contribution >= 4 is 11.8 Å². The Morgan fingerprint density at radius 1 is 1.10 bits per heavy atom. The van der Waals surface area contributed by atoms with E-state index in [-0.39, 0.29) is 13.2 Å². The van der Waals surface area contributed by atoms with E-state index in [1.807, 2.05) is 58.0 Å². The van der Waals surface area contributed by atoms with Gasteiger partial charge in [0.15, 0.2) is 0 Å². The summed E-state index contributed by atoms with van der Waals surface area (Å²) in [6, 6.07) is 16.7. The van der Waals surface area contributed by atoms with E-state index in [9.17, 15) is 9.90 Å². The van der Waals surface area contributed by atoms with E-state index in [0.29, 0.717) is 23.0 Å². The summed E-state index contributed by atoms with van der Waals surface area (Å²) in [5, 5.41) is 9.28. The Morgan fingerprint density at radius 2 is 1.76 bits per heavy atom. The van der Waals surface area contributed by atoms with Gasteiger partial charge in [0.2, 0.25) is 5.89 Å². The SMILES string of the molecule is Cc1oc(-c2ccccc2)nc1CN(C(=O)OC(C)(C)C)c1ccc(CO)cc1. The number of carbonyl (C=O) groups is 1. The maximum absolute atomic E-state index is 12.9. The van der Waals surface area contributed by atoms with Crippen molar-refractivity contribution < 1.29 is 19.1 Å². The van der Waals surface area contributed by atoms with E-state index in [4.69, 9.17) is 9.15 Å². The molecule has 152 valence electrons. The van der Waals surface area contributed by atoms with E-state index in [1.54, 1.807) is 24.3 Å². The quantitative estimate of drug-likeness (QED) is 0.653. The van der Waals surface area contributed by atoms with Crippen LogP contribution in [0.25, 0.3) is 11.5 Å². The molecule has 1 heterocycles. The number of rotatable bonds is 5. The number of aliphatic hydroxyl groups excluding tert-OH is 1. The molecule has 0 unspecified atom stereocenters. The lowest BCUT2D eigenvalue weighted by Gasteiger charge is -2.27. The van der Waals surface area contributed by atoms with Gasteiger partial charge < -0.3 is 14.3 Å². The number of aromatic nitrogens is 1. The first-order chi connectivity index (χ1) is 13.8. The zero-order chi connectivity index (χ0) is 21.0. The number of amides is 1. The molecule has 0 atom stereocenters. The van der Waals surface area contributed by atoms with Crippen molar-refractivity contribution in [3.8, 4) is 11.5 Å². The number of aliphatic hydroxyl groups is 1. The second-order valence-corrected chi connectivity index (χ2v) is 7.78. The molecule has 3 aromatic rings. The van der Waals surface area contributed by atoms with Crippen molar-refractivity contribution in [2.75, 3.05) is 4.90 Å². The van der Waals surface area contributed by atoms with Crippen molar-refractivity contribution in [1.82, 2.24) is 4.98 Å². The van der Waals surface area contributed by atoms with E-state index < -0.39 is 11.7 Å². The van der Waals surface area contributed by atoms with Crippen LogP contribution in [0.4, 0.5) is 10.5 Å². The maximum Gasteiger partial charge on any atom is 0.415 e. The molecule has 3 rings (SSSR count). The Bertz CT molecular complexity index is 957. The number of hydrogen-bond acceptors (Lipinski definition) is 5. The Balaban J connectivity index is 1.92. The van der Waals surface area contributed by atoms with Crippen LogP contribution in [0, 0.1) is 6.92 Å². The number of benzene rings is 2. The molecular weight excluding hydrogens is 368 g/mol. The van der Waals surface area contributed by atoms with Crippen molar-refractivity contribution in [2.24, 2.45) is 0 Å². The van der Waals surface area contributed by atoms with Crippen LogP contribution in [-0.4, -0.2) is 21.8 Å². The molecule has 0 bridgehead atoms. The summed E-state index contributed by atoms with van der Waals surface area (Å²) in [4.78, 5) is 19.0. The first kappa shape index (κ1) is 20.6. The fourth-order valence-electron chi connectivity index (χ4n) is 2.79. The topological polar surface area (TPSA) is 75.8 Å². The van der Waals surface area contributed by atoms with Crippen LogP contribution in [0.1, 0.15) is 37.8 Å². The van der Waals surface area contributed by atoms with E-state index in [2.05, 4.69) is 4.98 Å². The molecule has 2 aromatic carbocycles. The molecule has 0 aliphatic carbocycles. The summed E-state index contributed by atoms with van der Waals surface area (Å²) in [6.07, 6.45) is -0.474. The highest BCUT2D eigenvalue weighted by Gasteiger charge is 2.26. The summed E-state index contributed by atoms with van der Waals surface area (Å²) in [7, 11) is 0. The van der Waals surface area contributed by atoms with Crippen LogP contribution in [0.5, 0.6) is 0 Å². The average molecular weight is 394 g/mol. The predicted molar refractivity (Wildman–Crippen MR) is 111 cm³/mol. The Hall–Kier alpha value is -3.12. The average Bonchev–Trinajstić information content (AvgIpc) is 3.06. The number of hydrogen-bond donors (Lipinski definition) is 1. The third-order valence-corrected chi connectivity index (χ3v) is 4.27. The van der Waals surface area contributed by atoms with Gasteiger partial charge in [0.1, 0.15) is 17.1 Å². The first-order valence-electron chi connectivity index (χ1n) is 9.49. The van der Waals surface area contributed by atoms with Crippen molar-refractivity contribution in [3.05, 3.63) is 71.6 Å². The molecule has 6 heteroatoms. The van der Waals surface area contributed by atoms with Gasteiger partial charge in [-0.1, -0.05) is 30.3 Å². The molecule has 1 N–H and O–H groups in total. The zero-order valence-corrected chi connectivity index (χ0v) is 17.2. The van der Waals surface area contributed by atoms with Gasteiger partial charge in [-0.2, -0.15) is 0 Å². The van der Waals surface area contributed by atoms with Gasteiger partial charge in [-0.25, -0.2) is 9.78 Å². The lowest BCUT2D eigenvalue weighted by atomic mass is 10.2. The maximum atomic E-state index is 12.9. The van der Waals surface area contributed by atoms with Crippen LogP contribution in [-0.2, 0) is 17.9 Å². The van der Waals surface area contributed by atoms with Crippen LogP contribution in [0.15, 0.2) is 59.0 Å². The summed E-state index contributed by atoms with van der Waals surface area (Å²) in [5.41, 5.74) is 2.31. The smallest absolute Gasteiger partial charge is 0.415 e. The molecule has 0 spiro atoms. The molecule has 0 saturated carbocycles. The van der Waals surface area contributed by atoms with Gasteiger partial charge in [0, 0.05) is 11.3 Å². The highest BCUT2D eigenvalue weighted by atomic mass is 16.6. The van der Waals surface area contributed by atoms with Crippen molar-refractivity contribution in [2.45, 2.75) is 46.4 Å². The summed E-state index contributed by atoms with van der Waals surface area (Å²) in [6.45, 7) is 7.45. The molecule has 29 heavy (non-hydrogen) atoms. The predicted octanol–water partition coefficient (Wildman–Crippen LogP) is 5.08. The van der Waals surface area contributed by atoms with Crippen LogP contribution < -0.4 is 4.90 Å². The normalized spacial score (nSPS) is 11.3. The summed E-state index contributed by atoms with van der Waals surface area (Å²) in [5.74, 6) is 1.15. The largest absolute Gasteiger partial charge is 0.443 e. The molecular formula is C23H26N2O4. The molecule has 0 saturated heterocycles. The third-order valence-electron chi connectivity index (χ3n) is 4.27. The van der Waals surface area contributed by atoms with Crippen LogP contribution >= 0.6 is 0 Å². The lowest BCUT2D eigenvalue weighted by Crippen LogP contribution is -2.36. The second kappa shape index (κ2) is 8.49. The molecule has 0 aliphatic rings. The number of anilines is 1. The van der Waals surface area contributed by atoms with Gasteiger partial charge in [-0.05, 0) is 57.5 Å². The van der Waals surface area contributed by atoms with Gasteiger partial charge in [-0.15, -0.1) is 0 Å². The highest BCUT2D eigenvalue weighted by molar-refractivity contribution is 5.87. The van der Waals surface area contributed by atoms with E-state index >= 15 is 0 Å². The fraction of sp³-hybridized carbons (Fsp3) is 0.304. The molecule has 1 amide bonds. The minimum Gasteiger partial charge on any atom is -0.443 e. The molecule has 6 nitrogen and oxygen atoms in total.